The summed E-state index contributed by atoms with van der Waals surface area (Å²) in [7, 11) is 1.30. The lowest BCUT2D eigenvalue weighted by Gasteiger charge is -2.38. The summed E-state index contributed by atoms with van der Waals surface area (Å²) in [5, 5.41) is 3.25. The largest absolute Gasteiger partial charge is 0.466 e. The molecule has 2 aliphatic rings. The standard InChI is InChI=1S/C11H18N2O4/c1-16-10(14)9-4-7-13(11(15)17-9)8-2-5-12-6-3-8/h8-9,12H,2-7H2,1H3. The van der Waals surface area contributed by atoms with Crippen LogP contribution < -0.4 is 5.32 Å². The molecule has 2 rings (SSSR count). The molecule has 17 heavy (non-hydrogen) atoms. The Balaban J connectivity index is 1.91. The molecule has 6 nitrogen and oxygen atoms in total. The summed E-state index contributed by atoms with van der Waals surface area (Å²) in [6, 6.07) is 0.238. The van der Waals surface area contributed by atoms with Crippen molar-refractivity contribution in [2.75, 3.05) is 26.7 Å². The van der Waals surface area contributed by atoms with Gasteiger partial charge in [-0.25, -0.2) is 9.59 Å². The van der Waals surface area contributed by atoms with Crippen LogP contribution in [0.25, 0.3) is 0 Å². The first kappa shape index (κ1) is 12.2. The van der Waals surface area contributed by atoms with Crippen LogP contribution in [-0.2, 0) is 14.3 Å². The molecule has 96 valence electrons. The van der Waals surface area contributed by atoms with E-state index in [1.165, 1.54) is 7.11 Å². The van der Waals surface area contributed by atoms with Crippen molar-refractivity contribution in [3.63, 3.8) is 0 Å². The van der Waals surface area contributed by atoms with Crippen molar-refractivity contribution in [1.82, 2.24) is 10.2 Å². The molecule has 6 heteroatoms. The van der Waals surface area contributed by atoms with Gasteiger partial charge in [0.2, 0.25) is 6.10 Å². The minimum absolute atomic E-state index is 0.238. The third-order valence-corrected chi connectivity index (χ3v) is 3.32. The van der Waals surface area contributed by atoms with Crippen LogP contribution in [0.3, 0.4) is 0 Å². The average molecular weight is 242 g/mol. The van der Waals surface area contributed by atoms with Crippen LogP contribution in [0.5, 0.6) is 0 Å². The molecule has 0 spiro atoms. The van der Waals surface area contributed by atoms with E-state index in [2.05, 4.69) is 10.1 Å². The summed E-state index contributed by atoms with van der Waals surface area (Å²) in [4.78, 5) is 24.8. The minimum Gasteiger partial charge on any atom is -0.466 e. The fourth-order valence-corrected chi connectivity index (χ4v) is 2.34. The Morgan fingerprint density at radius 2 is 2.12 bits per heavy atom. The second kappa shape index (κ2) is 5.35. The van der Waals surface area contributed by atoms with Gasteiger partial charge in [-0.15, -0.1) is 0 Å². The zero-order chi connectivity index (χ0) is 12.3. The van der Waals surface area contributed by atoms with E-state index in [1.54, 1.807) is 4.90 Å². The van der Waals surface area contributed by atoms with E-state index in [4.69, 9.17) is 4.74 Å². The zero-order valence-corrected chi connectivity index (χ0v) is 9.98. The van der Waals surface area contributed by atoms with Crippen LogP contribution >= 0.6 is 0 Å². The third-order valence-electron chi connectivity index (χ3n) is 3.32. The van der Waals surface area contributed by atoms with Crippen LogP contribution in [0.15, 0.2) is 0 Å². The monoisotopic (exact) mass is 242 g/mol. The van der Waals surface area contributed by atoms with Crippen molar-refractivity contribution in [1.29, 1.82) is 0 Å². The number of hydrogen-bond acceptors (Lipinski definition) is 5. The second-order valence-electron chi connectivity index (χ2n) is 4.36. The second-order valence-corrected chi connectivity index (χ2v) is 4.36. The van der Waals surface area contributed by atoms with E-state index in [9.17, 15) is 9.59 Å². The maximum absolute atomic E-state index is 11.8. The molecule has 0 bridgehead atoms. The van der Waals surface area contributed by atoms with E-state index in [1.807, 2.05) is 0 Å². The number of rotatable bonds is 2. The van der Waals surface area contributed by atoms with Crippen molar-refractivity contribution in [3.8, 4) is 0 Å². The van der Waals surface area contributed by atoms with Gasteiger partial charge in [0, 0.05) is 19.0 Å². The van der Waals surface area contributed by atoms with Gasteiger partial charge in [-0.1, -0.05) is 0 Å². The SMILES string of the molecule is COC(=O)C1CCN(C2CCNCC2)C(=O)O1. The van der Waals surface area contributed by atoms with Crippen molar-refractivity contribution < 1.29 is 19.1 Å². The number of carbonyl (C=O) groups excluding carboxylic acids is 2. The molecule has 0 radical (unpaired) electrons. The molecular weight excluding hydrogens is 224 g/mol. The first-order chi connectivity index (χ1) is 8.22. The molecule has 0 saturated carbocycles. The molecule has 2 aliphatic heterocycles. The fourth-order valence-electron chi connectivity index (χ4n) is 2.34. The highest BCUT2D eigenvalue weighted by molar-refractivity contribution is 5.80. The number of methoxy groups -OCH3 is 1. The van der Waals surface area contributed by atoms with E-state index in [0.717, 1.165) is 25.9 Å². The van der Waals surface area contributed by atoms with Gasteiger partial charge in [0.1, 0.15) is 0 Å². The molecule has 0 aromatic heterocycles. The Kier molecular flexibility index (Phi) is 3.83. The lowest BCUT2D eigenvalue weighted by atomic mass is 10.0. The van der Waals surface area contributed by atoms with Crippen LogP contribution in [0, 0.1) is 0 Å². The molecule has 1 amide bonds. The lowest BCUT2D eigenvalue weighted by molar-refractivity contribution is -0.153. The van der Waals surface area contributed by atoms with Gasteiger partial charge in [0.25, 0.3) is 0 Å². The summed E-state index contributed by atoms with van der Waals surface area (Å²) in [5.74, 6) is -0.469. The van der Waals surface area contributed by atoms with E-state index in [0.29, 0.717) is 13.0 Å². The smallest absolute Gasteiger partial charge is 0.410 e. The zero-order valence-electron chi connectivity index (χ0n) is 9.98. The number of cyclic esters (lactones) is 1. The predicted octanol–water partition coefficient (Wildman–Crippen LogP) is 0.122. The van der Waals surface area contributed by atoms with Gasteiger partial charge in [-0.05, 0) is 25.9 Å². The number of esters is 1. The molecule has 2 heterocycles. The normalized spacial score (nSPS) is 26.5. The van der Waals surface area contributed by atoms with E-state index in [-0.39, 0.29) is 6.04 Å². The molecule has 2 fully saturated rings. The molecule has 1 unspecified atom stereocenters. The first-order valence-corrected chi connectivity index (χ1v) is 5.98. The minimum atomic E-state index is -0.731. The summed E-state index contributed by atoms with van der Waals surface area (Å²) in [5.41, 5.74) is 0. The van der Waals surface area contributed by atoms with Gasteiger partial charge in [0.15, 0.2) is 0 Å². The van der Waals surface area contributed by atoms with Crippen LogP contribution in [0.2, 0.25) is 0 Å². The number of ether oxygens (including phenoxy) is 2. The average Bonchev–Trinajstić information content (AvgIpc) is 2.38. The Bertz CT molecular complexity index is 302. The molecular formula is C11H18N2O4. The fraction of sp³-hybridized carbons (Fsp3) is 0.818. The quantitative estimate of drug-likeness (QED) is 0.697. The Morgan fingerprint density at radius 1 is 1.41 bits per heavy atom. The van der Waals surface area contributed by atoms with Crippen molar-refractivity contribution in [2.24, 2.45) is 0 Å². The number of amides is 1. The molecule has 0 aromatic carbocycles. The highest BCUT2D eigenvalue weighted by Gasteiger charge is 2.36. The van der Waals surface area contributed by atoms with Crippen LogP contribution in [-0.4, -0.2) is 55.9 Å². The van der Waals surface area contributed by atoms with Gasteiger partial charge in [0.05, 0.1) is 7.11 Å². The van der Waals surface area contributed by atoms with E-state index < -0.39 is 18.2 Å². The molecule has 2 saturated heterocycles. The molecule has 0 aliphatic carbocycles. The van der Waals surface area contributed by atoms with Gasteiger partial charge < -0.3 is 19.7 Å². The van der Waals surface area contributed by atoms with Crippen LogP contribution in [0.1, 0.15) is 19.3 Å². The van der Waals surface area contributed by atoms with Crippen molar-refractivity contribution in [2.45, 2.75) is 31.4 Å². The maximum Gasteiger partial charge on any atom is 0.410 e. The number of carbonyl (C=O) groups is 2. The predicted molar refractivity (Wildman–Crippen MR) is 59.5 cm³/mol. The van der Waals surface area contributed by atoms with E-state index >= 15 is 0 Å². The summed E-state index contributed by atoms with van der Waals surface area (Å²) in [6.45, 7) is 2.42. The lowest BCUT2D eigenvalue weighted by Crippen LogP contribution is -2.52. The number of piperidine rings is 1. The summed E-state index contributed by atoms with van der Waals surface area (Å²) < 4.78 is 9.67. The Labute approximate surface area is 100 Å². The summed E-state index contributed by atoms with van der Waals surface area (Å²) >= 11 is 0. The Hall–Kier alpha value is -1.30. The molecule has 0 aromatic rings. The highest BCUT2D eigenvalue weighted by atomic mass is 16.6. The van der Waals surface area contributed by atoms with Crippen molar-refractivity contribution >= 4 is 12.1 Å². The van der Waals surface area contributed by atoms with Gasteiger partial charge in [-0.3, -0.25) is 0 Å². The van der Waals surface area contributed by atoms with Gasteiger partial charge >= 0.3 is 12.1 Å². The Morgan fingerprint density at radius 3 is 2.71 bits per heavy atom. The summed E-state index contributed by atoms with van der Waals surface area (Å²) in [6.07, 6.45) is 1.28. The third kappa shape index (κ3) is 2.69. The number of nitrogens with one attached hydrogen (secondary N) is 1. The molecule has 1 N–H and O–H groups in total. The highest BCUT2D eigenvalue weighted by Crippen LogP contribution is 2.20. The first-order valence-electron chi connectivity index (χ1n) is 5.98. The number of nitrogens with zero attached hydrogens (tertiary/aromatic N) is 1. The topological polar surface area (TPSA) is 67.9 Å². The van der Waals surface area contributed by atoms with Gasteiger partial charge in [-0.2, -0.15) is 0 Å². The van der Waals surface area contributed by atoms with Crippen molar-refractivity contribution in [3.05, 3.63) is 0 Å². The maximum atomic E-state index is 11.8. The molecule has 1 atom stereocenters. The number of hydrogen-bond donors (Lipinski definition) is 1. The van der Waals surface area contributed by atoms with Crippen LogP contribution in [0.4, 0.5) is 4.79 Å².